The van der Waals surface area contributed by atoms with Crippen molar-refractivity contribution in [1.82, 2.24) is 0 Å². The highest BCUT2D eigenvalue weighted by Crippen LogP contribution is 2.37. The molecule has 2 aromatic carbocycles. The van der Waals surface area contributed by atoms with E-state index in [0.717, 1.165) is 16.7 Å². The molecule has 0 aromatic heterocycles. The first-order chi connectivity index (χ1) is 12.1. The van der Waals surface area contributed by atoms with E-state index < -0.39 is 5.60 Å². The van der Waals surface area contributed by atoms with Crippen molar-refractivity contribution in [3.8, 4) is 5.75 Å². The zero-order valence-corrected chi connectivity index (χ0v) is 15.0. The summed E-state index contributed by atoms with van der Waals surface area (Å²) in [6.07, 6.45) is 1.40. The molecule has 134 valence electrons. The zero-order chi connectivity index (χ0) is 17.7. The first-order valence-electron chi connectivity index (χ1n) is 8.36. The van der Waals surface area contributed by atoms with Crippen molar-refractivity contribution in [1.29, 1.82) is 0 Å². The van der Waals surface area contributed by atoms with Crippen LogP contribution >= 0.6 is 11.6 Å². The molecule has 1 heterocycles. The molecule has 1 aliphatic rings. The summed E-state index contributed by atoms with van der Waals surface area (Å²) < 4.78 is 31.1. The number of rotatable bonds is 6. The second kappa shape index (κ2) is 8.17. The van der Waals surface area contributed by atoms with E-state index in [1.807, 2.05) is 30.3 Å². The quantitative estimate of drug-likeness (QED) is 0.689. The first kappa shape index (κ1) is 18.2. The second-order valence-electron chi connectivity index (χ2n) is 6.23. The molecule has 1 saturated heterocycles. The predicted octanol–water partition coefficient (Wildman–Crippen LogP) is 4.80. The number of benzene rings is 2. The van der Waals surface area contributed by atoms with Crippen LogP contribution in [0.4, 0.5) is 4.39 Å². The van der Waals surface area contributed by atoms with Gasteiger partial charge in [-0.25, -0.2) is 4.39 Å². The summed E-state index contributed by atoms with van der Waals surface area (Å²) in [5.74, 6) is 0.657. The van der Waals surface area contributed by atoms with Crippen molar-refractivity contribution in [2.75, 3.05) is 20.3 Å². The minimum Gasteiger partial charge on any atom is -0.489 e. The molecular formula is C20H22ClFO3. The van der Waals surface area contributed by atoms with Gasteiger partial charge in [-0.3, -0.25) is 0 Å². The topological polar surface area (TPSA) is 27.7 Å². The van der Waals surface area contributed by atoms with Crippen LogP contribution in [0.5, 0.6) is 5.75 Å². The Morgan fingerprint density at radius 2 is 1.76 bits per heavy atom. The van der Waals surface area contributed by atoms with Gasteiger partial charge in [-0.15, -0.1) is 11.6 Å². The molecule has 0 aliphatic carbocycles. The monoisotopic (exact) mass is 364 g/mol. The van der Waals surface area contributed by atoms with Gasteiger partial charge in [0.2, 0.25) is 0 Å². The molecule has 5 heteroatoms. The highest BCUT2D eigenvalue weighted by atomic mass is 35.5. The molecule has 0 amide bonds. The lowest BCUT2D eigenvalue weighted by Crippen LogP contribution is -2.35. The number of ether oxygens (including phenoxy) is 3. The van der Waals surface area contributed by atoms with Gasteiger partial charge in [0, 0.05) is 45.1 Å². The molecule has 0 saturated carbocycles. The molecule has 1 aliphatic heterocycles. The van der Waals surface area contributed by atoms with Crippen molar-refractivity contribution < 1.29 is 18.6 Å². The maximum atomic E-state index is 14.1. The number of alkyl halides is 1. The Hall–Kier alpha value is -1.62. The van der Waals surface area contributed by atoms with Crippen LogP contribution in [0.25, 0.3) is 0 Å². The molecule has 1 fully saturated rings. The van der Waals surface area contributed by atoms with Gasteiger partial charge in [-0.1, -0.05) is 24.3 Å². The van der Waals surface area contributed by atoms with Crippen LogP contribution in [0.3, 0.4) is 0 Å². The summed E-state index contributed by atoms with van der Waals surface area (Å²) in [6, 6.07) is 12.6. The van der Waals surface area contributed by atoms with E-state index in [0.29, 0.717) is 44.3 Å². The Balaban J connectivity index is 1.76. The molecule has 3 rings (SSSR count). The van der Waals surface area contributed by atoms with Gasteiger partial charge < -0.3 is 14.2 Å². The lowest BCUT2D eigenvalue weighted by molar-refractivity contribution is -0.0950. The van der Waals surface area contributed by atoms with Gasteiger partial charge >= 0.3 is 0 Å². The maximum Gasteiger partial charge on any atom is 0.127 e. The van der Waals surface area contributed by atoms with E-state index in [1.54, 1.807) is 7.11 Å². The molecule has 0 atom stereocenters. The Bertz CT molecular complexity index is 697. The predicted molar refractivity (Wildman–Crippen MR) is 95.5 cm³/mol. The SMILES string of the molecule is COC1(c2cc(F)cc(OCc3ccc(CCl)cc3)c2)CCOCC1. The van der Waals surface area contributed by atoms with E-state index in [9.17, 15) is 4.39 Å². The normalized spacial score (nSPS) is 16.6. The van der Waals surface area contributed by atoms with Crippen molar-refractivity contribution >= 4 is 11.6 Å². The third-order valence-corrected chi connectivity index (χ3v) is 4.98. The average molecular weight is 365 g/mol. The largest absolute Gasteiger partial charge is 0.489 e. The molecule has 2 aromatic rings. The van der Waals surface area contributed by atoms with Crippen molar-refractivity contribution in [2.24, 2.45) is 0 Å². The third kappa shape index (κ3) is 4.32. The highest BCUT2D eigenvalue weighted by Gasteiger charge is 2.35. The van der Waals surface area contributed by atoms with E-state index in [4.69, 9.17) is 25.8 Å². The minimum absolute atomic E-state index is 0.326. The standard InChI is InChI=1S/C20H22ClFO3/c1-23-20(6-8-24-9-7-20)17-10-18(22)12-19(11-17)25-14-16-4-2-15(13-21)3-5-16/h2-5,10-12H,6-9,13-14H2,1H3. The molecule has 25 heavy (non-hydrogen) atoms. The van der Waals surface area contributed by atoms with Crippen LogP contribution in [0, 0.1) is 5.82 Å². The van der Waals surface area contributed by atoms with Gasteiger partial charge in [-0.05, 0) is 28.8 Å². The zero-order valence-electron chi connectivity index (χ0n) is 14.3. The fourth-order valence-electron chi connectivity index (χ4n) is 3.11. The van der Waals surface area contributed by atoms with Gasteiger partial charge in [-0.2, -0.15) is 0 Å². The van der Waals surface area contributed by atoms with Gasteiger partial charge in [0.25, 0.3) is 0 Å². The molecular weight excluding hydrogens is 343 g/mol. The molecule has 0 bridgehead atoms. The lowest BCUT2D eigenvalue weighted by Gasteiger charge is -2.36. The van der Waals surface area contributed by atoms with Gasteiger partial charge in [0.15, 0.2) is 0 Å². The minimum atomic E-state index is -0.513. The van der Waals surface area contributed by atoms with Crippen molar-refractivity contribution in [2.45, 2.75) is 30.9 Å². The molecule has 3 nitrogen and oxygen atoms in total. The van der Waals surface area contributed by atoms with E-state index in [2.05, 4.69) is 0 Å². The fourth-order valence-corrected chi connectivity index (χ4v) is 3.29. The smallest absolute Gasteiger partial charge is 0.127 e. The van der Waals surface area contributed by atoms with Gasteiger partial charge in [0.05, 0.1) is 5.60 Å². The van der Waals surface area contributed by atoms with Crippen molar-refractivity contribution in [3.63, 3.8) is 0 Å². The first-order valence-corrected chi connectivity index (χ1v) is 8.89. The summed E-state index contributed by atoms with van der Waals surface area (Å²) in [5, 5.41) is 0. The summed E-state index contributed by atoms with van der Waals surface area (Å²) in [4.78, 5) is 0. The second-order valence-corrected chi connectivity index (χ2v) is 6.49. The lowest BCUT2D eigenvalue weighted by atomic mass is 9.86. The summed E-state index contributed by atoms with van der Waals surface area (Å²) in [7, 11) is 1.66. The number of methoxy groups -OCH3 is 1. The molecule has 0 unspecified atom stereocenters. The fraction of sp³-hybridized carbons (Fsp3) is 0.400. The maximum absolute atomic E-state index is 14.1. The van der Waals surface area contributed by atoms with Crippen LogP contribution in [0.2, 0.25) is 0 Å². The highest BCUT2D eigenvalue weighted by molar-refractivity contribution is 6.17. The Labute approximate surface area is 152 Å². The summed E-state index contributed by atoms with van der Waals surface area (Å²) in [6.45, 7) is 1.58. The average Bonchev–Trinajstić information content (AvgIpc) is 2.67. The molecule has 0 N–H and O–H groups in total. The Kier molecular flexibility index (Phi) is 5.94. The molecule has 0 radical (unpaired) electrons. The third-order valence-electron chi connectivity index (χ3n) is 4.67. The molecule has 0 spiro atoms. The number of hydrogen-bond acceptors (Lipinski definition) is 3. The van der Waals surface area contributed by atoms with Crippen LogP contribution < -0.4 is 4.74 Å². The van der Waals surface area contributed by atoms with Crippen LogP contribution in [0.1, 0.15) is 29.5 Å². The Morgan fingerprint density at radius 1 is 1.08 bits per heavy atom. The van der Waals surface area contributed by atoms with Crippen LogP contribution in [0.15, 0.2) is 42.5 Å². The van der Waals surface area contributed by atoms with E-state index >= 15 is 0 Å². The van der Waals surface area contributed by atoms with Gasteiger partial charge in [0.1, 0.15) is 18.2 Å². The summed E-state index contributed by atoms with van der Waals surface area (Å²) >= 11 is 5.79. The van der Waals surface area contributed by atoms with E-state index in [1.165, 1.54) is 12.1 Å². The number of halogens is 2. The van der Waals surface area contributed by atoms with Crippen LogP contribution in [-0.4, -0.2) is 20.3 Å². The van der Waals surface area contributed by atoms with Crippen LogP contribution in [-0.2, 0) is 27.6 Å². The summed E-state index contributed by atoms with van der Waals surface area (Å²) in [5.41, 5.74) is 2.35. The Morgan fingerprint density at radius 3 is 2.40 bits per heavy atom. The number of hydrogen-bond donors (Lipinski definition) is 0. The van der Waals surface area contributed by atoms with Crippen molar-refractivity contribution in [3.05, 3.63) is 65.0 Å². The van der Waals surface area contributed by atoms with E-state index in [-0.39, 0.29) is 5.82 Å².